The van der Waals surface area contributed by atoms with E-state index in [0.717, 1.165) is 28.6 Å². The summed E-state index contributed by atoms with van der Waals surface area (Å²) in [7, 11) is 0. The Kier molecular flexibility index (Phi) is 3.45. The highest BCUT2D eigenvalue weighted by molar-refractivity contribution is 6.30. The summed E-state index contributed by atoms with van der Waals surface area (Å²) >= 11 is 5.94. The molecule has 0 bridgehead atoms. The first-order valence-corrected chi connectivity index (χ1v) is 7.08. The maximum Gasteiger partial charge on any atom is 0.160 e. The van der Waals surface area contributed by atoms with E-state index >= 15 is 0 Å². The summed E-state index contributed by atoms with van der Waals surface area (Å²) in [5.74, 6) is 1.42. The molecule has 0 N–H and O–H groups in total. The molecule has 2 heterocycles. The van der Waals surface area contributed by atoms with Crippen molar-refractivity contribution in [2.24, 2.45) is 0 Å². The molecule has 0 unspecified atom stereocenters. The number of fused-ring (bicyclic) bond motifs is 1. The molecule has 2 aromatic heterocycles. The van der Waals surface area contributed by atoms with Crippen molar-refractivity contribution in [1.82, 2.24) is 14.5 Å². The van der Waals surface area contributed by atoms with Gasteiger partial charge in [0, 0.05) is 17.1 Å². The largest absolute Gasteiger partial charge is 0.308 e. The van der Waals surface area contributed by atoms with Gasteiger partial charge >= 0.3 is 0 Å². The molecule has 0 aliphatic heterocycles. The molecule has 3 rings (SSSR count). The van der Waals surface area contributed by atoms with E-state index < -0.39 is 0 Å². The highest BCUT2D eigenvalue weighted by Gasteiger charge is 2.14. The van der Waals surface area contributed by atoms with Gasteiger partial charge in [-0.25, -0.2) is 9.97 Å². The molecule has 0 spiro atoms. The maximum absolute atomic E-state index is 5.94. The van der Waals surface area contributed by atoms with Gasteiger partial charge in [-0.2, -0.15) is 0 Å². The summed E-state index contributed by atoms with van der Waals surface area (Å²) in [4.78, 5) is 9.17. The lowest BCUT2D eigenvalue weighted by Crippen LogP contribution is -2.07. The van der Waals surface area contributed by atoms with E-state index in [1.165, 1.54) is 5.56 Å². The molecule has 102 valence electrons. The third-order valence-corrected chi connectivity index (χ3v) is 3.56. The van der Waals surface area contributed by atoms with Gasteiger partial charge in [0.15, 0.2) is 5.65 Å². The van der Waals surface area contributed by atoms with Crippen molar-refractivity contribution in [1.29, 1.82) is 0 Å². The van der Waals surface area contributed by atoms with Gasteiger partial charge in [0.1, 0.15) is 11.3 Å². The Morgan fingerprint density at radius 1 is 1.15 bits per heavy atom. The van der Waals surface area contributed by atoms with Crippen LogP contribution in [0.3, 0.4) is 0 Å². The molecule has 0 saturated carbocycles. The number of imidazole rings is 1. The van der Waals surface area contributed by atoms with Crippen molar-refractivity contribution in [2.45, 2.75) is 26.3 Å². The third-order valence-electron chi connectivity index (χ3n) is 3.30. The molecular weight excluding hydrogens is 270 g/mol. The van der Waals surface area contributed by atoms with Gasteiger partial charge < -0.3 is 4.57 Å². The number of nitrogens with zero attached hydrogens (tertiary/aromatic N) is 3. The highest BCUT2D eigenvalue weighted by Crippen LogP contribution is 2.22. The predicted octanol–water partition coefficient (Wildman–Crippen LogP) is 4.26. The van der Waals surface area contributed by atoms with Crippen LogP contribution in [0.1, 0.15) is 31.2 Å². The monoisotopic (exact) mass is 285 g/mol. The van der Waals surface area contributed by atoms with Crippen LogP contribution in [0.2, 0.25) is 5.02 Å². The highest BCUT2D eigenvalue weighted by atomic mass is 35.5. The molecule has 3 nitrogen and oxygen atoms in total. The number of benzene rings is 1. The Bertz CT molecular complexity index is 729. The van der Waals surface area contributed by atoms with Crippen LogP contribution < -0.4 is 0 Å². The molecular formula is C16H16ClN3. The Balaban J connectivity index is 2.09. The van der Waals surface area contributed by atoms with Gasteiger partial charge in [-0.05, 0) is 29.8 Å². The fraction of sp³-hybridized carbons (Fsp3) is 0.250. The summed E-state index contributed by atoms with van der Waals surface area (Å²) in [6.07, 6.45) is 1.81. The number of aromatic nitrogens is 3. The van der Waals surface area contributed by atoms with Crippen LogP contribution in [0, 0.1) is 0 Å². The smallest absolute Gasteiger partial charge is 0.160 e. The minimum absolute atomic E-state index is 0.358. The van der Waals surface area contributed by atoms with Crippen LogP contribution in [0.4, 0.5) is 0 Å². The zero-order valence-corrected chi connectivity index (χ0v) is 12.3. The minimum Gasteiger partial charge on any atom is -0.308 e. The number of pyridine rings is 1. The Labute approximate surface area is 123 Å². The van der Waals surface area contributed by atoms with E-state index in [0.29, 0.717) is 5.92 Å². The first-order chi connectivity index (χ1) is 9.65. The number of halogens is 1. The van der Waals surface area contributed by atoms with Gasteiger partial charge in [-0.1, -0.05) is 37.6 Å². The first kappa shape index (κ1) is 13.1. The van der Waals surface area contributed by atoms with Crippen molar-refractivity contribution in [3.8, 4) is 0 Å². The fourth-order valence-corrected chi connectivity index (χ4v) is 2.47. The van der Waals surface area contributed by atoms with E-state index in [2.05, 4.69) is 23.4 Å². The van der Waals surface area contributed by atoms with Crippen LogP contribution in [-0.2, 0) is 6.54 Å². The van der Waals surface area contributed by atoms with Crippen molar-refractivity contribution in [3.05, 3.63) is 59.0 Å². The summed E-state index contributed by atoms with van der Waals surface area (Å²) < 4.78 is 2.18. The van der Waals surface area contributed by atoms with Crippen LogP contribution in [-0.4, -0.2) is 14.5 Å². The Hall–Kier alpha value is -1.87. The number of hydrogen-bond donors (Lipinski definition) is 0. The van der Waals surface area contributed by atoms with Crippen LogP contribution in [0.15, 0.2) is 42.6 Å². The molecule has 0 fully saturated rings. The lowest BCUT2D eigenvalue weighted by atomic mass is 10.2. The molecule has 4 heteroatoms. The summed E-state index contributed by atoms with van der Waals surface area (Å²) in [5.41, 5.74) is 3.08. The summed E-state index contributed by atoms with van der Waals surface area (Å²) in [6.45, 7) is 5.07. The fourth-order valence-electron chi connectivity index (χ4n) is 2.35. The molecule has 20 heavy (non-hydrogen) atoms. The molecule has 0 radical (unpaired) electrons. The average Bonchev–Trinajstić information content (AvgIpc) is 2.81. The second-order valence-electron chi connectivity index (χ2n) is 5.18. The average molecular weight is 286 g/mol. The number of hydrogen-bond acceptors (Lipinski definition) is 2. The van der Waals surface area contributed by atoms with Crippen molar-refractivity contribution >= 4 is 22.8 Å². The van der Waals surface area contributed by atoms with Gasteiger partial charge in [0.05, 0.1) is 6.54 Å². The Morgan fingerprint density at radius 2 is 1.90 bits per heavy atom. The van der Waals surface area contributed by atoms with E-state index in [-0.39, 0.29) is 0 Å². The standard InChI is InChI=1S/C16H16ClN3/c1-11(2)15-19-14-4-3-9-18-16(14)20(15)10-12-5-7-13(17)8-6-12/h3-9,11H,10H2,1-2H3. The third kappa shape index (κ3) is 2.41. The molecule has 0 aliphatic carbocycles. The molecule has 1 aromatic carbocycles. The van der Waals surface area contributed by atoms with Crippen LogP contribution in [0.5, 0.6) is 0 Å². The summed E-state index contributed by atoms with van der Waals surface area (Å²) in [5, 5.41) is 0.756. The van der Waals surface area contributed by atoms with Crippen molar-refractivity contribution < 1.29 is 0 Å². The van der Waals surface area contributed by atoms with E-state index in [9.17, 15) is 0 Å². The van der Waals surface area contributed by atoms with Gasteiger partial charge in [-0.15, -0.1) is 0 Å². The Morgan fingerprint density at radius 3 is 2.60 bits per heavy atom. The number of rotatable bonds is 3. The SMILES string of the molecule is CC(C)c1nc2cccnc2n1Cc1ccc(Cl)cc1. The van der Waals surface area contributed by atoms with E-state index in [1.807, 2.05) is 42.6 Å². The van der Waals surface area contributed by atoms with Crippen molar-refractivity contribution in [3.63, 3.8) is 0 Å². The second-order valence-corrected chi connectivity index (χ2v) is 5.62. The van der Waals surface area contributed by atoms with Crippen LogP contribution in [0.25, 0.3) is 11.2 Å². The quantitative estimate of drug-likeness (QED) is 0.720. The zero-order chi connectivity index (χ0) is 14.1. The van der Waals surface area contributed by atoms with Gasteiger partial charge in [-0.3, -0.25) is 0 Å². The molecule has 0 saturated heterocycles. The van der Waals surface area contributed by atoms with Gasteiger partial charge in [0.25, 0.3) is 0 Å². The van der Waals surface area contributed by atoms with E-state index in [4.69, 9.17) is 16.6 Å². The minimum atomic E-state index is 0.358. The first-order valence-electron chi connectivity index (χ1n) is 6.71. The van der Waals surface area contributed by atoms with Crippen molar-refractivity contribution in [2.75, 3.05) is 0 Å². The summed E-state index contributed by atoms with van der Waals surface area (Å²) in [6, 6.07) is 11.8. The maximum atomic E-state index is 5.94. The molecule has 0 aliphatic rings. The lowest BCUT2D eigenvalue weighted by molar-refractivity contribution is 0.679. The molecule has 0 atom stereocenters. The predicted molar refractivity (Wildman–Crippen MR) is 82.2 cm³/mol. The van der Waals surface area contributed by atoms with Crippen LogP contribution >= 0.6 is 11.6 Å². The zero-order valence-electron chi connectivity index (χ0n) is 11.5. The molecule has 3 aromatic rings. The van der Waals surface area contributed by atoms with Gasteiger partial charge in [0.2, 0.25) is 0 Å². The molecule has 0 amide bonds. The second kappa shape index (κ2) is 5.25. The topological polar surface area (TPSA) is 30.7 Å². The van der Waals surface area contributed by atoms with E-state index in [1.54, 1.807) is 0 Å². The lowest BCUT2D eigenvalue weighted by Gasteiger charge is -2.11. The normalized spacial score (nSPS) is 11.4.